The maximum Gasteiger partial charge on any atom is 0.0287 e. The molecule has 0 saturated carbocycles. The van der Waals surface area contributed by atoms with Crippen molar-refractivity contribution in [2.24, 2.45) is 11.3 Å². The van der Waals surface area contributed by atoms with Crippen molar-refractivity contribution in [2.75, 3.05) is 0 Å². The van der Waals surface area contributed by atoms with Crippen molar-refractivity contribution in [2.45, 2.75) is 33.1 Å². The van der Waals surface area contributed by atoms with Crippen molar-refractivity contribution < 1.29 is 0 Å². The summed E-state index contributed by atoms with van der Waals surface area (Å²) >= 11 is 0. The SMILES string of the molecule is C#CC(C)(C)C1CC=CCC1. The van der Waals surface area contributed by atoms with Crippen LogP contribution in [0.3, 0.4) is 0 Å². The Morgan fingerprint density at radius 2 is 2.18 bits per heavy atom. The van der Waals surface area contributed by atoms with Gasteiger partial charge in [-0.25, -0.2) is 0 Å². The predicted molar refractivity (Wildman–Crippen MR) is 49.1 cm³/mol. The third-order valence-electron chi connectivity index (χ3n) is 2.66. The Labute approximate surface area is 69.7 Å². The zero-order chi connectivity index (χ0) is 8.32. The number of hydrogen-bond donors (Lipinski definition) is 0. The van der Waals surface area contributed by atoms with E-state index in [0.29, 0.717) is 5.92 Å². The van der Waals surface area contributed by atoms with Crippen LogP contribution >= 0.6 is 0 Å². The topological polar surface area (TPSA) is 0 Å². The maximum atomic E-state index is 5.46. The average Bonchev–Trinajstić information content (AvgIpc) is 2.06. The van der Waals surface area contributed by atoms with E-state index in [1.807, 2.05) is 0 Å². The van der Waals surface area contributed by atoms with E-state index in [0.717, 1.165) is 6.42 Å². The van der Waals surface area contributed by atoms with Gasteiger partial charge in [-0.1, -0.05) is 12.2 Å². The second-order valence-corrected chi connectivity index (χ2v) is 3.85. The first-order valence-electron chi connectivity index (χ1n) is 4.29. The third kappa shape index (κ3) is 1.87. The van der Waals surface area contributed by atoms with Crippen molar-refractivity contribution in [3.05, 3.63) is 12.2 Å². The first-order chi connectivity index (χ1) is 5.17. The summed E-state index contributed by atoms with van der Waals surface area (Å²) in [6.45, 7) is 4.33. The lowest BCUT2D eigenvalue weighted by Crippen LogP contribution is -2.22. The predicted octanol–water partition coefficient (Wildman–Crippen LogP) is 3.00. The van der Waals surface area contributed by atoms with E-state index >= 15 is 0 Å². The Kier molecular flexibility index (Phi) is 2.39. The van der Waals surface area contributed by atoms with Crippen LogP contribution in [0, 0.1) is 23.7 Å². The maximum absolute atomic E-state index is 5.46. The van der Waals surface area contributed by atoms with Gasteiger partial charge in [-0.05, 0) is 39.0 Å². The summed E-state index contributed by atoms with van der Waals surface area (Å²) in [6.07, 6.45) is 13.6. The summed E-state index contributed by atoms with van der Waals surface area (Å²) < 4.78 is 0. The van der Waals surface area contributed by atoms with Gasteiger partial charge in [0.15, 0.2) is 0 Å². The van der Waals surface area contributed by atoms with E-state index in [9.17, 15) is 0 Å². The normalized spacial score (nSPS) is 24.6. The second kappa shape index (κ2) is 3.13. The summed E-state index contributed by atoms with van der Waals surface area (Å²) in [6, 6.07) is 0. The van der Waals surface area contributed by atoms with Crippen LogP contribution in [0.5, 0.6) is 0 Å². The van der Waals surface area contributed by atoms with E-state index in [-0.39, 0.29) is 5.41 Å². The van der Waals surface area contributed by atoms with Gasteiger partial charge in [-0.2, -0.15) is 0 Å². The molecule has 0 bridgehead atoms. The van der Waals surface area contributed by atoms with Crippen molar-refractivity contribution in [1.29, 1.82) is 0 Å². The summed E-state index contributed by atoms with van der Waals surface area (Å²) in [5, 5.41) is 0. The van der Waals surface area contributed by atoms with Crippen molar-refractivity contribution in [3.63, 3.8) is 0 Å². The summed E-state index contributed by atoms with van der Waals surface area (Å²) in [5.41, 5.74) is 0.0881. The Morgan fingerprint density at radius 3 is 2.64 bits per heavy atom. The van der Waals surface area contributed by atoms with Crippen LogP contribution in [0.1, 0.15) is 33.1 Å². The fourth-order valence-corrected chi connectivity index (χ4v) is 1.57. The van der Waals surface area contributed by atoms with E-state index in [4.69, 9.17) is 6.42 Å². The molecule has 1 rings (SSSR count). The largest absolute Gasteiger partial charge is 0.120 e. The molecule has 0 N–H and O–H groups in total. The first-order valence-corrected chi connectivity index (χ1v) is 4.29. The number of allylic oxidation sites excluding steroid dienone is 2. The third-order valence-corrected chi connectivity index (χ3v) is 2.66. The second-order valence-electron chi connectivity index (χ2n) is 3.85. The van der Waals surface area contributed by atoms with Gasteiger partial charge in [0.25, 0.3) is 0 Å². The molecule has 1 unspecified atom stereocenters. The fraction of sp³-hybridized carbons (Fsp3) is 0.636. The molecular formula is C11H16. The molecule has 0 heteroatoms. The number of terminal acetylenes is 1. The molecule has 0 radical (unpaired) electrons. The Balaban J connectivity index is 2.61. The van der Waals surface area contributed by atoms with Crippen LogP contribution in [0.15, 0.2) is 12.2 Å². The molecule has 0 aliphatic heterocycles. The van der Waals surface area contributed by atoms with Crippen LogP contribution in [-0.2, 0) is 0 Å². The lowest BCUT2D eigenvalue weighted by molar-refractivity contribution is 0.275. The van der Waals surface area contributed by atoms with Crippen molar-refractivity contribution >= 4 is 0 Å². The number of hydrogen-bond acceptors (Lipinski definition) is 0. The van der Waals surface area contributed by atoms with Crippen LogP contribution in [0.2, 0.25) is 0 Å². The summed E-state index contributed by atoms with van der Waals surface area (Å²) in [4.78, 5) is 0. The van der Waals surface area contributed by atoms with Gasteiger partial charge in [-0.15, -0.1) is 12.3 Å². The summed E-state index contributed by atoms with van der Waals surface area (Å²) in [7, 11) is 0. The van der Waals surface area contributed by atoms with Gasteiger partial charge < -0.3 is 0 Å². The molecule has 1 aliphatic rings. The molecule has 0 spiro atoms. The van der Waals surface area contributed by atoms with Gasteiger partial charge in [0, 0.05) is 5.41 Å². The van der Waals surface area contributed by atoms with Crippen molar-refractivity contribution in [1.82, 2.24) is 0 Å². The van der Waals surface area contributed by atoms with Crippen molar-refractivity contribution in [3.8, 4) is 12.3 Å². The monoisotopic (exact) mass is 148 g/mol. The minimum Gasteiger partial charge on any atom is -0.120 e. The minimum atomic E-state index is 0.0881. The fourth-order valence-electron chi connectivity index (χ4n) is 1.57. The molecule has 1 aliphatic carbocycles. The number of rotatable bonds is 1. The molecule has 1 atom stereocenters. The highest BCUT2D eigenvalue weighted by molar-refractivity contribution is 5.07. The highest BCUT2D eigenvalue weighted by atomic mass is 14.3. The Hall–Kier alpha value is -0.700. The molecule has 0 aromatic heterocycles. The van der Waals surface area contributed by atoms with Gasteiger partial charge in [0.05, 0.1) is 0 Å². The standard InChI is InChI=1S/C11H16/c1-4-11(2,3)10-8-6-5-7-9-10/h1,5-6,10H,7-9H2,2-3H3. The molecule has 0 aromatic carbocycles. The van der Waals surface area contributed by atoms with Gasteiger partial charge >= 0.3 is 0 Å². The molecule has 0 nitrogen and oxygen atoms in total. The van der Waals surface area contributed by atoms with Gasteiger partial charge in [-0.3, -0.25) is 0 Å². The molecule has 11 heavy (non-hydrogen) atoms. The molecule has 60 valence electrons. The van der Waals surface area contributed by atoms with E-state index < -0.39 is 0 Å². The highest BCUT2D eigenvalue weighted by Gasteiger charge is 2.26. The zero-order valence-electron chi connectivity index (χ0n) is 7.43. The van der Waals surface area contributed by atoms with E-state index in [2.05, 4.69) is 31.9 Å². The lowest BCUT2D eigenvalue weighted by Gasteiger charge is -2.30. The molecule has 0 fully saturated rings. The average molecular weight is 148 g/mol. The van der Waals surface area contributed by atoms with Crippen LogP contribution < -0.4 is 0 Å². The Morgan fingerprint density at radius 1 is 1.45 bits per heavy atom. The van der Waals surface area contributed by atoms with Crippen LogP contribution in [0.25, 0.3) is 0 Å². The smallest absolute Gasteiger partial charge is 0.0287 e. The van der Waals surface area contributed by atoms with E-state index in [1.54, 1.807) is 0 Å². The molecule has 0 saturated heterocycles. The highest BCUT2D eigenvalue weighted by Crippen LogP contribution is 2.34. The zero-order valence-corrected chi connectivity index (χ0v) is 7.43. The lowest BCUT2D eigenvalue weighted by atomic mass is 9.74. The molecule has 0 aromatic rings. The first kappa shape index (κ1) is 8.40. The minimum absolute atomic E-state index is 0.0881. The van der Waals surface area contributed by atoms with Crippen LogP contribution in [0.4, 0.5) is 0 Å². The van der Waals surface area contributed by atoms with Gasteiger partial charge in [0.1, 0.15) is 0 Å². The Bertz CT molecular complexity index is 191. The molecule has 0 amide bonds. The van der Waals surface area contributed by atoms with Gasteiger partial charge in [0.2, 0.25) is 0 Å². The quantitative estimate of drug-likeness (QED) is 0.396. The van der Waals surface area contributed by atoms with E-state index in [1.165, 1.54) is 12.8 Å². The molecule has 0 heterocycles. The summed E-state index contributed by atoms with van der Waals surface area (Å²) in [5.74, 6) is 3.57. The molecular weight excluding hydrogens is 132 g/mol. The van der Waals surface area contributed by atoms with Crippen LogP contribution in [-0.4, -0.2) is 0 Å².